The van der Waals surface area contributed by atoms with Crippen LogP contribution in [0.5, 0.6) is 0 Å². The molecule has 29 heteroatoms. The summed E-state index contributed by atoms with van der Waals surface area (Å²) in [5.74, 6) is 0.105. The second-order valence-corrected chi connectivity index (χ2v) is 44.9. The van der Waals surface area contributed by atoms with Crippen LogP contribution in [0.1, 0.15) is 245 Å². The molecule has 3 aliphatic rings. The Labute approximate surface area is 863 Å². The molecule has 7 N–H and O–H groups in total. The lowest BCUT2D eigenvalue weighted by Crippen LogP contribution is -2.42. The highest BCUT2D eigenvalue weighted by Gasteiger charge is 2.48. The van der Waals surface area contributed by atoms with Crippen LogP contribution in [-0.4, -0.2) is 87.8 Å². The molecular weight excluding hydrogens is 1980 g/mol. The molecule has 0 amide bonds. The van der Waals surface area contributed by atoms with Gasteiger partial charge in [0, 0.05) is 56.7 Å². The normalized spacial score (nSPS) is 15.9. The van der Waals surface area contributed by atoms with E-state index in [1.165, 1.54) is 200 Å². The number of rotatable bonds is 26. The number of aliphatic hydroxyl groups is 7. The van der Waals surface area contributed by atoms with E-state index >= 15 is 0 Å². The smallest absolute Gasteiger partial charge is 0.215 e. The molecule has 0 bridgehead atoms. The molecule has 3 fully saturated rings. The van der Waals surface area contributed by atoms with Crippen LogP contribution in [0, 0.1) is 17.8 Å². The highest BCUT2D eigenvalue weighted by molar-refractivity contribution is 7.13. The van der Waals surface area contributed by atoms with E-state index in [9.17, 15) is 78.9 Å². The van der Waals surface area contributed by atoms with Crippen LogP contribution in [0.3, 0.4) is 0 Å². The number of hydrogen-bond donors (Lipinski definition) is 7. The molecule has 3 aliphatic carbocycles. The van der Waals surface area contributed by atoms with Gasteiger partial charge in [-0.25, -0.2) is 0 Å². The fourth-order valence-corrected chi connectivity index (χ4v) is 26.8. The van der Waals surface area contributed by atoms with E-state index in [0.29, 0.717) is 59.0 Å². The van der Waals surface area contributed by atoms with Gasteiger partial charge < -0.3 is 40.2 Å². The van der Waals surface area contributed by atoms with Crippen molar-refractivity contribution in [2.45, 2.75) is 217 Å². The zero-order chi connectivity index (χ0) is 101. The fraction of sp³-hybridized carbons (Fsp3) is 0.336. The quantitative estimate of drug-likeness (QED) is 0.0265. The summed E-state index contributed by atoms with van der Waals surface area (Å²) < 4.78 is 5.12. The number of furan rings is 1. The second kappa shape index (κ2) is 54.4. The molecule has 0 spiro atoms. The Kier molecular flexibility index (Phi) is 44.4. The number of Topliss-reactive ketones (excluding diaryl/α,β-unsaturated/α-hetero) is 9. The lowest BCUT2D eigenvalue weighted by atomic mass is 9.67. The molecule has 736 valence electrons. The molecule has 15 aromatic rings. The summed E-state index contributed by atoms with van der Waals surface area (Å²) in [4.78, 5) is 111. The van der Waals surface area contributed by atoms with Crippen molar-refractivity contribution in [1.29, 1.82) is 0 Å². The number of carbonyl (C=O) groups is 9. The molecule has 2 aromatic carbocycles. The summed E-state index contributed by atoms with van der Waals surface area (Å²) in [6.45, 7) is 17.5. The largest absolute Gasteiger partial charge is 0.465 e. The molecule has 0 saturated heterocycles. The zero-order valence-corrected chi connectivity index (χ0v) is 89.5. The molecule has 13 aromatic heterocycles. The van der Waals surface area contributed by atoms with Crippen LogP contribution in [0.2, 0.25) is 0 Å². The summed E-state index contributed by atoms with van der Waals surface area (Å²) in [6, 6.07) is 60.7. The van der Waals surface area contributed by atoms with Crippen LogP contribution in [0.15, 0.2) is 297 Å². The Balaban J connectivity index is 0.000000174. The molecule has 3 saturated carbocycles. The van der Waals surface area contributed by atoms with Gasteiger partial charge in [-0.05, 0) is 302 Å². The predicted octanol–water partition coefficient (Wildman–Crippen LogP) is 26.8. The Bertz CT molecular complexity index is 5540. The Morgan fingerprint density at radius 2 is 0.583 bits per heavy atom. The first kappa shape index (κ1) is 113. The van der Waals surface area contributed by atoms with Crippen molar-refractivity contribution >= 4 is 188 Å². The van der Waals surface area contributed by atoms with E-state index in [-0.39, 0.29) is 75.2 Å². The van der Waals surface area contributed by atoms with E-state index in [1.54, 1.807) is 149 Å². The Hall–Kier alpha value is -9.13. The van der Waals surface area contributed by atoms with E-state index in [4.69, 9.17) is 4.42 Å². The van der Waals surface area contributed by atoms with Gasteiger partial charge in [-0.15, -0.1) is 90.7 Å². The topological polar surface area (TPSA) is 308 Å². The van der Waals surface area contributed by atoms with Crippen LogP contribution in [0.25, 0.3) is 0 Å². The molecule has 17 nitrogen and oxygen atoms in total. The Morgan fingerprint density at radius 1 is 0.273 bits per heavy atom. The second-order valence-electron chi connectivity index (χ2n) is 34.1. The average Bonchev–Trinajstić information content (AvgIpc) is 1.76. The molecule has 0 radical (unpaired) electrons. The van der Waals surface area contributed by atoms with Crippen molar-refractivity contribution in [1.82, 2.24) is 0 Å². The fourth-order valence-electron chi connectivity index (χ4n) is 16.9. The maximum Gasteiger partial charge on any atom is 0.215 e. The van der Waals surface area contributed by atoms with E-state index in [0.717, 1.165) is 66.0 Å². The summed E-state index contributed by atoms with van der Waals surface area (Å²) in [5, 5.41) is 104. The maximum absolute atomic E-state index is 12.1. The lowest BCUT2D eigenvalue weighted by Gasteiger charge is -2.37. The van der Waals surface area contributed by atoms with Crippen molar-refractivity contribution in [3.8, 4) is 0 Å². The van der Waals surface area contributed by atoms with Crippen molar-refractivity contribution in [2.24, 2.45) is 17.8 Å². The lowest BCUT2D eigenvalue weighted by molar-refractivity contribution is -0.144. The predicted molar refractivity (Wildman–Crippen MR) is 573 cm³/mol. The van der Waals surface area contributed by atoms with Gasteiger partial charge in [0.15, 0.2) is 74.1 Å². The maximum atomic E-state index is 12.1. The van der Waals surface area contributed by atoms with Crippen LogP contribution in [0.4, 0.5) is 0 Å². The van der Waals surface area contributed by atoms with Crippen molar-refractivity contribution in [2.75, 3.05) is 0 Å². The SMILES string of the molecule is CC(=O)C(C)(c1cccs1)C1CCCCC1.CC(=O)C(C)c1cccs1.CC(=O)C(O)(c1ccccc1)c1cccs1.CC(=O)C(O)(c1ccccc1)c1ccsc1.CC(=O)C(O)(c1ccco1)c1cccs1.CC(=O)C(O)(c1cccs1)C1CCCC1.CC(=O)C(O)(c1cccs1)C1CCCCC1.CC(=O)C(O)(c1cccs1)c1cccs1.CC(=O)C(O)(c1ccsc1)c1ccsc1.c1ccsc1. The van der Waals surface area contributed by atoms with Crippen LogP contribution >= 0.6 is 136 Å². The minimum absolute atomic E-state index is 0.0833. The summed E-state index contributed by atoms with van der Waals surface area (Å²) in [6.07, 6.45) is 17.4. The van der Waals surface area contributed by atoms with Crippen molar-refractivity contribution < 1.29 is 83.3 Å². The van der Waals surface area contributed by atoms with E-state index in [2.05, 4.69) is 24.4 Å². The highest BCUT2D eigenvalue weighted by Crippen LogP contribution is 2.47. The Morgan fingerprint density at radius 3 is 0.863 bits per heavy atom. The standard InChI is InChI=1S/C14H20OS.C13H18O2S.2C13H12O2S.C12H16O2S.C11H10O3S.2C11H10O2S2.C8H10OS.C4H4S/c1-11(15)14(2,13-9-6-10-16-13)12-7-4-3-5-8-12;2*1-10(14)13(15,12-8-5-9-16-12)11-6-3-2-4-7-11;1-10(14)13(15,12-7-8-16-9-12)11-5-3-2-4-6-11;1-9(13)12(14,10-5-2-3-6-10)11-7-4-8-15-11;1-8(12)11(13,9-4-2-6-14-9)10-5-3-7-15-10;1-8(12)11(13,9-2-4-14-6-9)10-3-5-15-7-10;1-8(12)11(13,9-4-2-6-14-9)10-5-3-7-15-10;1-6(7(2)9)8-4-3-5-10-8;1-2-4-5-3-1/h6,9-10,12H,3-5,7-8H2,1-2H3;5,8-9,11,15H,2-4,6-7H2,1H3;2*2-9,15H,1H3;4,7-8,10,14H,2-3,5-6H2,1H3;3*2-7,13H,1H3;3-6H,1-2H3;1-4H. The van der Waals surface area contributed by atoms with E-state index in [1.807, 2.05) is 175 Å². The first-order valence-corrected chi connectivity index (χ1v) is 56.4. The van der Waals surface area contributed by atoms with Gasteiger partial charge in [0.2, 0.25) is 5.60 Å². The zero-order valence-electron chi connectivity index (χ0n) is 79.7. The highest BCUT2D eigenvalue weighted by atomic mass is 32.1. The summed E-state index contributed by atoms with van der Waals surface area (Å²) in [7, 11) is 0. The minimum Gasteiger partial charge on any atom is -0.465 e. The summed E-state index contributed by atoms with van der Waals surface area (Å²) >= 11 is 17.9. The number of hydrogen-bond acceptors (Lipinski definition) is 29. The first-order chi connectivity index (χ1) is 66.4. The monoisotopic (exact) mass is 2100 g/mol. The van der Waals surface area contributed by atoms with Crippen LogP contribution < -0.4 is 0 Å². The molecule has 7 atom stereocenters. The minimum atomic E-state index is -1.64. The number of carbonyl (C=O) groups excluding carboxylic acids is 9. The molecule has 7 unspecified atom stereocenters. The summed E-state index contributed by atoms with van der Waals surface area (Å²) in [5.41, 5.74) is -7.09. The third kappa shape index (κ3) is 28.3. The van der Waals surface area contributed by atoms with Gasteiger partial charge in [-0.3, -0.25) is 43.2 Å². The van der Waals surface area contributed by atoms with Crippen LogP contribution in [-0.2, 0) is 87.8 Å². The van der Waals surface area contributed by atoms with Gasteiger partial charge in [0.05, 0.1) is 16.6 Å². The molecule has 18 rings (SSSR count). The molecule has 0 aliphatic heterocycles. The van der Waals surface area contributed by atoms with E-state index < -0.39 is 39.2 Å². The number of benzene rings is 2. The molecular formula is C110H122O17S12. The first-order valence-electron chi connectivity index (χ1n) is 45.6. The van der Waals surface area contributed by atoms with Gasteiger partial charge >= 0.3 is 0 Å². The third-order valence-corrected chi connectivity index (χ3v) is 36.1. The van der Waals surface area contributed by atoms with Gasteiger partial charge in [0.25, 0.3) is 0 Å². The number of thiophene rings is 12. The number of ketones is 9. The van der Waals surface area contributed by atoms with Crippen molar-refractivity contribution in [3.63, 3.8) is 0 Å². The van der Waals surface area contributed by atoms with Crippen molar-refractivity contribution in [3.05, 3.63) is 365 Å². The average molecular weight is 2100 g/mol. The van der Waals surface area contributed by atoms with Gasteiger partial charge in [-0.2, -0.15) is 45.3 Å². The molecule has 139 heavy (non-hydrogen) atoms. The van der Waals surface area contributed by atoms with Gasteiger partial charge in [0.1, 0.15) is 17.3 Å². The third-order valence-electron chi connectivity index (χ3n) is 25.3. The van der Waals surface area contributed by atoms with Gasteiger partial charge in [-0.1, -0.05) is 180 Å². The molecule has 13 heterocycles.